The van der Waals surface area contributed by atoms with Crippen molar-refractivity contribution in [3.8, 4) is 0 Å². The Bertz CT molecular complexity index is 526. The molecule has 1 heterocycles. The molecule has 0 saturated carbocycles. The van der Waals surface area contributed by atoms with Gasteiger partial charge < -0.3 is 5.11 Å². The number of aliphatic carboxylic acids is 1. The molecule has 0 aliphatic carbocycles. The Morgan fingerprint density at radius 2 is 2.25 bits per heavy atom. The molecule has 6 nitrogen and oxygen atoms in total. The molecule has 1 aliphatic rings. The fraction of sp³-hybridized carbons (Fsp3) is 0.417. The highest BCUT2D eigenvalue weighted by atomic mass is 35.5. The van der Waals surface area contributed by atoms with Crippen LogP contribution in [0.2, 0.25) is 0 Å². The molecule has 1 aromatic carbocycles. The molecule has 0 radical (unpaired) electrons. The molecule has 0 amide bonds. The van der Waals surface area contributed by atoms with Gasteiger partial charge in [0, 0.05) is 18.2 Å². The number of nitro groups is 1. The first kappa shape index (κ1) is 16.3. The van der Waals surface area contributed by atoms with Crippen LogP contribution in [0, 0.1) is 15.9 Å². The Balaban J connectivity index is 0.00000200. The minimum atomic E-state index is -0.917. The van der Waals surface area contributed by atoms with E-state index in [-0.39, 0.29) is 30.2 Å². The second-order valence-electron chi connectivity index (χ2n) is 4.50. The molecule has 0 bridgehead atoms. The van der Waals surface area contributed by atoms with Gasteiger partial charge in [0.1, 0.15) is 11.9 Å². The third-order valence-electron chi connectivity index (χ3n) is 3.27. The molecule has 1 saturated heterocycles. The number of carboxylic acids is 1. The zero-order chi connectivity index (χ0) is 14.0. The number of carbonyl (C=O) groups is 1. The number of nitrogens with zero attached hydrogens (tertiary/aromatic N) is 2. The van der Waals surface area contributed by atoms with E-state index in [4.69, 9.17) is 5.11 Å². The number of nitro benzene ring substituents is 1. The fourth-order valence-electron chi connectivity index (χ4n) is 2.29. The number of non-ortho nitro benzene ring substituents is 1. The van der Waals surface area contributed by atoms with Crippen LogP contribution in [0.5, 0.6) is 0 Å². The molecule has 1 aliphatic heterocycles. The molecule has 1 fully saturated rings. The Labute approximate surface area is 120 Å². The summed E-state index contributed by atoms with van der Waals surface area (Å²) < 4.78 is 13.7. The maximum Gasteiger partial charge on any atom is 0.320 e. The molecule has 0 aromatic heterocycles. The van der Waals surface area contributed by atoms with Crippen LogP contribution in [0.3, 0.4) is 0 Å². The normalized spacial score (nSPS) is 18.6. The molecule has 1 atom stereocenters. The molecular formula is C12H14ClFN2O4. The molecule has 20 heavy (non-hydrogen) atoms. The minimum absolute atomic E-state index is 0. The summed E-state index contributed by atoms with van der Waals surface area (Å²) in [5.74, 6) is -1.59. The molecule has 1 N–H and O–H groups in total. The van der Waals surface area contributed by atoms with E-state index < -0.39 is 22.8 Å². The molecule has 0 unspecified atom stereocenters. The third kappa shape index (κ3) is 3.43. The van der Waals surface area contributed by atoms with Gasteiger partial charge in [-0.1, -0.05) is 0 Å². The van der Waals surface area contributed by atoms with Crippen molar-refractivity contribution in [3.05, 3.63) is 39.7 Å². The first-order valence-electron chi connectivity index (χ1n) is 5.88. The van der Waals surface area contributed by atoms with Gasteiger partial charge in [0.15, 0.2) is 0 Å². The quantitative estimate of drug-likeness (QED) is 0.681. The van der Waals surface area contributed by atoms with E-state index in [1.165, 1.54) is 12.1 Å². The third-order valence-corrected chi connectivity index (χ3v) is 3.27. The van der Waals surface area contributed by atoms with Crippen molar-refractivity contribution in [3.63, 3.8) is 0 Å². The predicted octanol–water partition coefficient (Wildman–Crippen LogP) is 2.20. The lowest BCUT2D eigenvalue weighted by Crippen LogP contribution is -2.35. The van der Waals surface area contributed by atoms with Crippen LogP contribution in [-0.2, 0) is 11.3 Å². The van der Waals surface area contributed by atoms with Crippen molar-refractivity contribution in [1.82, 2.24) is 4.90 Å². The van der Waals surface area contributed by atoms with Gasteiger partial charge in [-0.05, 0) is 25.5 Å². The van der Waals surface area contributed by atoms with Crippen molar-refractivity contribution in [2.45, 2.75) is 25.4 Å². The summed E-state index contributed by atoms with van der Waals surface area (Å²) >= 11 is 0. The summed E-state index contributed by atoms with van der Waals surface area (Å²) in [4.78, 5) is 22.5. The van der Waals surface area contributed by atoms with Crippen LogP contribution in [-0.4, -0.2) is 33.5 Å². The highest BCUT2D eigenvalue weighted by molar-refractivity contribution is 5.85. The van der Waals surface area contributed by atoms with Gasteiger partial charge >= 0.3 is 5.97 Å². The van der Waals surface area contributed by atoms with Crippen molar-refractivity contribution in [1.29, 1.82) is 0 Å². The van der Waals surface area contributed by atoms with E-state index in [1.54, 1.807) is 4.90 Å². The Kier molecular flexibility index (Phi) is 5.41. The van der Waals surface area contributed by atoms with Gasteiger partial charge in [-0.25, -0.2) is 4.39 Å². The first-order valence-corrected chi connectivity index (χ1v) is 5.88. The van der Waals surface area contributed by atoms with Gasteiger partial charge in [0.2, 0.25) is 0 Å². The van der Waals surface area contributed by atoms with Gasteiger partial charge in [-0.2, -0.15) is 0 Å². The van der Waals surface area contributed by atoms with Gasteiger partial charge in [-0.15, -0.1) is 12.4 Å². The maximum atomic E-state index is 13.7. The zero-order valence-electron chi connectivity index (χ0n) is 10.5. The summed E-state index contributed by atoms with van der Waals surface area (Å²) in [6.45, 7) is 0.744. The number of benzene rings is 1. The largest absolute Gasteiger partial charge is 0.480 e. The van der Waals surface area contributed by atoms with Gasteiger partial charge in [0.25, 0.3) is 5.69 Å². The summed E-state index contributed by atoms with van der Waals surface area (Å²) in [7, 11) is 0. The predicted molar refractivity (Wildman–Crippen MR) is 71.4 cm³/mol. The topological polar surface area (TPSA) is 83.7 Å². The van der Waals surface area contributed by atoms with E-state index in [0.717, 1.165) is 12.5 Å². The number of carboxylic acid groups (broad SMARTS) is 1. The SMILES string of the molecule is Cl.O=C(O)[C@@H]1CCCN1Cc1ccc([N+](=O)[O-])cc1F. The molecule has 110 valence electrons. The smallest absolute Gasteiger partial charge is 0.320 e. The number of hydrogen-bond acceptors (Lipinski definition) is 4. The second-order valence-corrected chi connectivity index (χ2v) is 4.50. The van der Waals surface area contributed by atoms with Gasteiger partial charge in [-0.3, -0.25) is 19.8 Å². The van der Waals surface area contributed by atoms with Crippen LogP contribution in [0.1, 0.15) is 18.4 Å². The average Bonchev–Trinajstić information content (AvgIpc) is 2.79. The Hall–Kier alpha value is -1.73. The van der Waals surface area contributed by atoms with Crippen LogP contribution in [0.4, 0.5) is 10.1 Å². The summed E-state index contributed by atoms with van der Waals surface area (Å²) in [5.41, 5.74) is -0.0313. The van der Waals surface area contributed by atoms with E-state index in [2.05, 4.69) is 0 Å². The lowest BCUT2D eigenvalue weighted by molar-refractivity contribution is -0.385. The highest BCUT2D eigenvalue weighted by Gasteiger charge is 2.30. The van der Waals surface area contributed by atoms with Crippen molar-refractivity contribution >= 4 is 24.1 Å². The monoisotopic (exact) mass is 304 g/mol. The lowest BCUT2D eigenvalue weighted by Gasteiger charge is -2.21. The second kappa shape index (κ2) is 6.62. The summed E-state index contributed by atoms with van der Waals surface area (Å²) in [6.07, 6.45) is 1.30. The van der Waals surface area contributed by atoms with Crippen LogP contribution < -0.4 is 0 Å². The molecule has 1 aromatic rings. The summed E-state index contributed by atoms with van der Waals surface area (Å²) in [5, 5.41) is 19.5. The van der Waals surface area contributed by atoms with Crippen molar-refractivity contribution in [2.75, 3.05) is 6.54 Å². The molecule has 8 heteroatoms. The lowest BCUT2D eigenvalue weighted by atomic mass is 10.1. The van der Waals surface area contributed by atoms with E-state index in [1.807, 2.05) is 0 Å². The van der Waals surface area contributed by atoms with Crippen LogP contribution in [0.25, 0.3) is 0 Å². The average molecular weight is 305 g/mol. The molecule has 2 rings (SSSR count). The number of halogens is 2. The first-order chi connectivity index (χ1) is 8.99. The highest BCUT2D eigenvalue weighted by Crippen LogP contribution is 2.23. The Morgan fingerprint density at radius 3 is 2.80 bits per heavy atom. The number of rotatable bonds is 4. The zero-order valence-corrected chi connectivity index (χ0v) is 11.3. The Morgan fingerprint density at radius 1 is 1.55 bits per heavy atom. The summed E-state index contributed by atoms with van der Waals surface area (Å²) in [6, 6.07) is 2.82. The van der Waals surface area contributed by atoms with Crippen LogP contribution in [0.15, 0.2) is 18.2 Å². The van der Waals surface area contributed by atoms with Crippen molar-refractivity contribution in [2.24, 2.45) is 0 Å². The minimum Gasteiger partial charge on any atom is -0.480 e. The maximum absolute atomic E-state index is 13.7. The number of hydrogen-bond donors (Lipinski definition) is 1. The molecule has 0 spiro atoms. The van der Waals surface area contributed by atoms with Crippen LogP contribution >= 0.6 is 12.4 Å². The van der Waals surface area contributed by atoms with Crippen molar-refractivity contribution < 1.29 is 19.2 Å². The standard InChI is InChI=1S/C12H13FN2O4.ClH/c13-10-6-9(15(18)19)4-3-8(10)7-14-5-1-2-11(14)12(16)17;/h3-4,6,11H,1-2,5,7H2,(H,16,17);1H/t11-;/m0./s1. The molecular weight excluding hydrogens is 291 g/mol. The van der Waals surface area contributed by atoms with E-state index in [9.17, 15) is 19.3 Å². The fourth-order valence-corrected chi connectivity index (χ4v) is 2.29. The number of likely N-dealkylation sites (tertiary alicyclic amines) is 1. The van der Waals surface area contributed by atoms with E-state index in [0.29, 0.717) is 13.0 Å². The van der Waals surface area contributed by atoms with E-state index >= 15 is 0 Å². The van der Waals surface area contributed by atoms with Gasteiger partial charge in [0.05, 0.1) is 11.0 Å².